The molecule has 0 aliphatic carbocycles. The molecule has 10 heteroatoms. The molecule has 1 fully saturated rings. The second kappa shape index (κ2) is 11.5. The number of benzene rings is 1. The van der Waals surface area contributed by atoms with Crippen LogP contribution >= 0.6 is 0 Å². The first-order valence-corrected chi connectivity index (χ1v) is 13.8. The lowest BCUT2D eigenvalue weighted by Gasteiger charge is -2.27. The highest BCUT2D eigenvalue weighted by atomic mass is 16.5. The third-order valence-electron chi connectivity index (χ3n) is 7.51. The Bertz CT molecular complexity index is 1370. The number of pyridine rings is 1. The number of urea groups is 1. The number of morpholine rings is 1. The lowest BCUT2D eigenvalue weighted by Crippen LogP contribution is -2.45. The summed E-state index contributed by atoms with van der Waals surface area (Å²) in [5.41, 5.74) is 4.83. The van der Waals surface area contributed by atoms with Gasteiger partial charge in [-0.2, -0.15) is 0 Å². The Morgan fingerprint density at radius 2 is 1.90 bits per heavy atom. The molecule has 5 rings (SSSR count). The van der Waals surface area contributed by atoms with Gasteiger partial charge >= 0.3 is 6.03 Å². The number of fused-ring (bicyclic) bond motifs is 1. The van der Waals surface area contributed by atoms with Crippen LogP contribution in [0.1, 0.15) is 48.7 Å². The second-order valence-electron chi connectivity index (χ2n) is 10.8. The summed E-state index contributed by atoms with van der Waals surface area (Å²) in [6.07, 6.45) is 6.59. The number of aromatic nitrogens is 1. The predicted octanol–water partition coefficient (Wildman–Crippen LogP) is 4.24. The minimum atomic E-state index is -0.293. The number of allylic oxidation sites excluding steroid dienone is 2. The van der Waals surface area contributed by atoms with E-state index in [1.54, 1.807) is 17.2 Å². The van der Waals surface area contributed by atoms with Crippen molar-refractivity contribution in [2.75, 3.05) is 50.0 Å². The number of hydrogen-bond donors (Lipinski definition) is 3. The third kappa shape index (κ3) is 6.02. The van der Waals surface area contributed by atoms with Crippen LogP contribution in [0.2, 0.25) is 0 Å². The van der Waals surface area contributed by atoms with Crippen LogP contribution in [-0.4, -0.2) is 77.5 Å². The summed E-state index contributed by atoms with van der Waals surface area (Å²) >= 11 is 0. The second-order valence-corrected chi connectivity index (χ2v) is 10.8. The van der Waals surface area contributed by atoms with E-state index in [2.05, 4.69) is 44.2 Å². The van der Waals surface area contributed by atoms with Crippen molar-refractivity contribution in [2.24, 2.45) is 4.99 Å². The minimum Gasteiger partial charge on any atom is -0.378 e. The van der Waals surface area contributed by atoms with E-state index in [1.165, 1.54) is 0 Å². The number of amides is 3. The molecule has 0 spiro atoms. The van der Waals surface area contributed by atoms with E-state index in [0.29, 0.717) is 44.2 Å². The molecule has 1 aromatic carbocycles. The van der Waals surface area contributed by atoms with E-state index >= 15 is 0 Å². The molecule has 40 heavy (non-hydrogen) atoms. The van der Waals surface area contributed by atoms with Gasteiger partial charge in [0.2, 0.25) is 0 Å². The molecule has 3 aliphatic heterocycles. The fraction of sp³-hybridized carbons (Fsp3) is 0.400. The number of aliphatic imine (C=N–C) groups is 1. The zero-order valence-electron chi connectivity index (χ0n) is 23.6. The summed E-state index contributed by atoms with van der Waals surface area (Å²) in [6, 6.07) is 9.31. The van der Waals surface area contributed by atoms with Crippen molar-refractivity contribution >= 4 is 34.9 Å². The number of anilines is 2. The summed E-state index contributed by atoms with van der Waals surface area (Å²) in [5.74, 6) is 1.45. The van der Waals surface area contributed by atoms with Crippen LogP contribution in [0.3, 0.4) is 0 Å². The molecule has 1 aromatic heterocycles. The molecular weight excluding hydrogens is 506 g/mol. The zero-order chi connectivity index (χ0) is 28.3. The monoisotopic (exact) mass is 543 g/mol. The fourth-order valence-corrected chi connectivity index (χ4v) is 4.80. The summed E-state index contributed by atoms with van der Waals surface area (Å²) in [7, 11) is 0. The molecule has 0 bridgehead atoms. The van der Waals surface area contributed by atoms with Crippen LogP contribution in [0.25, 0.3) is 5.57 Å². The first-order chi connectivity index (χ1) is 19.2. The van der Waals surface area contributed by atoms with Crippen LogP contribution in [0.4, 0.5) is 16.3 Å². The first kappa shape index (κ1) is 27.4. The Kier molecular flexibility index (Phi) is 7.88. The fourth-order valence-electron chi connectivity index (χ4n) is 4.80. The number of hydrogen-bond acceptors (Lipinski definition) is 7. The van der Waals surface area contributed by atoms with Gasteiger partial charge in [-0.1, -0.05) is 19.1 Å². The van der Waals surface area contributed by atoms with Gasteiger partial charge in [-0.25, -0.2) is 9.78 Å². The number of rotatable bonds is 7. The molecule has 210 valence electrons. The van der Waals surface area contributed by atoms with Gasteiger partial charge in [0.25, 0.3) is 5.91 Å². The molecule has 2 aromatic rings. The molecule has 0 radical (unpaired) electrons. The van der Waals surface area contributed by atoms with Crippen LogP contribution in [-0.2, 0) is 4.74 Å². The highest BCUT2D eigenvalue weighted by molar-refractivity contribution is 6.07. The molecular formula is C30H37N7O3. The highest BCUT2D eigenvalue weighted by Gasteiger charge is 2.26. The lowest BCUT2D eigenvalue weighted by molar-refractivity contribution is 0.0302. The van der Waals surface area contributed by atoms with Gasteiger partial charge in [-0.05, 0) is 62.6 Å². The minimum absolute atomic E-state index is 0.0355. The zero-order valence-corrected chi connectivity index (χ0v) is 23.6. The molecule has 0 unspecified atom stereocenters. The lowest BCUT2D eigenvalue weighted by atomic mass is 9.97. The summed E-state index contributed by atoms with van der Waals surface area (Å²) in [4.78, 5) is 38.6. The van der Waals surface area contributed by atoms with E-state index in [-0.39, 0.29) is 17.5 Å². The Balaban J connectivity index is 1.35. The Morgan fingerprint density at radius 1 is 1.10 bits per heavy atom. The van der Waals surface area contributed by atoms with Gasteiger partial charge < -0.3 is 30.5 Å². The number of nitrogens with one attached hydrogen (secondary N) is 3. The summed E-state index contributed by atoms with van der Waals surface area (Å²) in [5, 5.41) is 9.45. The van der Waals surface area contributed by atoms with Crippen molar-refractivity contribution in [3.8, 4) is 0 Å². The smallest absolute Gasteiger partial charge is 0.319 e. The SMILES string of the molecule is CCC(C)(C)NC(=O)Nc1cccc(C2=CN3CCN=C3C(Nc3ccc(C(=O)N4CCOCC4)cn3)=C2)c1C. The van der Waals surface area contributed by atoms with Crippen molar-refractivity contribution in [2.45, 2.75) is 39.7 Å². The van der Waals surface area contributed by atoms with Crippen molar-refractivity contribution in [1.82, 2.24) is 20.1 Å². The maximum Gasteiger partial charge on any atom is 0.319 e. The van der Waals surface area contributed by atoms with E-state index in [4.69, 9.17) is 9.73 Å². The van der Waals surface area contributed by atoms with Crippen molar-refractivity contribution in [3.63, 3.8) is 0 Å². The molecule has 3 N–H and O–H groups in total. The number of amidine groups is 1. The van der Waals surface area contributed by atoms with Crippen LogP contribution < -0.4 is 16.0 Å². The number of nitrogens with zero attached hydrogens (tertiary/aromatic N) is 4. The van der Waals surface area contributed by atoms with E-state index in [1.807, 2.05) is 45.9 Å². The Hall–Kier alpha value is -4.18. The van der Waals surface area contributed by atoms with Gasteiger partial charge in [-0.15, -0.1) is 0 Å². The standard InChI is InChI=1S/C30H37N7O3/c1-5-30(3,4)35-29(39)34-24-8-6-7-23(20(24)2)22-17-25(27-31-11-12-37(27)19-22)33-26-10-9-21(18-32-26)28(38)36-13-15-40-16-14-36/h6-10,17-19H,5,11-16H2,1-4H3,(H,32,33)(H2,34,35,39). The maximum absolute atomic E-state index is 12.8. The maximum atomic E-state index is 12.8. The molecule has 0 saturated carbocycles. The largest absolute Gasteiger partial charge is 0.378 e. The number of ether oxygens (including phenoxy) is 1. The normalized spacial score (nSPS) is 16.9. The summed E-state index contributed by atoms with van der Waals surface area (Å²) in [6.45, 7) is 11.8. The van der Waals surface area contributed by atoms with Gasteiger partial charge in [0.05, 0.1) is 31.0 Å². The first-order valence-electron chi connectivity index (χ1n) is 13.8. The third-order valence-corrected chi connectivity index (χ3v) is 7.51. The van der Waals surface area contributed by atoms with Crippen molar-refractivity contribution in [1.29, 1.82) is 0 Å². The molecule has 3 amide bonds. The van der Waals surface area contributed by atoms with Crippen LogP contribution in [0.5, 0.6) is 0 Å². The molecule has 3 aliphatic rings. The molecule has 1 saturated heterocycles. The molecule has 0 atom stereocenters. The van der Waals surface area contributed by atoms with Crippen LogP contribution in [0.15, 0.2) is 59.5 Å². The Labute approximate surface area is 235 Å². The number of carbonyl (C=O) groups excluding carboxylic acids is 2. The van der Waals surface area contributed by atoms with Gasteiger partial charge in [0, 0.05) is 48.8 Å². The average Bonchev–Trinajstić information content (AvgIpc) is 3.44. The predicted molar refractivity (Wildman–Crippen MR) is 157 cm³/mol. The number of carbonyl (C=O) groups is 2. The highest BCUT2D eigenvalue weighted by Crippen LogP contribution is 2.31. The van der Waals surface area contributed by atoms with E-state index < -0.39 is 0 Å². The average molecular weight is 544 g/mol. The quantitative estimate of drug-likeness (QED) is 0.482. The van der Waals surface area contributed by atoms with Gasteiger partial charge in [0.15, 0.2) is 5.84 Å². The van der Waals surface area contributed by atoms with Gasteiger partial charge in [0.1, 0.15) is 5.82 Å². The Morgan fingerprint density at radius 3 is 2.62 bits per heavy atom. The van der Waals surface area contributed by atoms with Crippen molar-refractivity contribution in [3.05, 3.63) is 71.2 Å². The van der Waals surface area contributed by atoms with Gasteiger partial charge in [-0.3, -0.25) is 9.79 Å². The molecule has 4 heterocycles. The summed E-state index contributed by atoms with van der Waals surface area (Å²) < 4.78 is 5.35. The topological polar surface area (TPSA) is 111 Å². The van der Waals surface area contributed by atoms with Crippen LogP contribution in [0, 0.1) is 6.92 Å². The van der Waals surface area contributed by atoms with Crippen molar-refractivity contribution < 1.29 is 14.3 Å². The molecule has 10 nitrogen and oxygen atoms in total. The van der Waals surface area contributed by atoms with E-state index in [9.17, 15) is 9.59 Å². The van der Waals surface area contributed by atoms with E-state index in [0.717, 1.165) is 46.9 Å².